The van der Waals surface area contributed by atoms with Crippen molar-refractivity contribution < 1.29 is 18.7 Å². The summed E-state index contributed by atoms with van der Waals surface area (Å²) in [5, 5.41) is 18.2. The molecule has 0 aliphatic heterocycles. The number of carbonyl (C=O) groups is 1. The number of benzene rings is 2. The molecule has 1 heterocycles. The van der Waals surface area contributed by atoms with E-state index in [0.717, 1.165) is 44.6 Å². The van der Waals surface area contributed by atoms with E-state index in [-0.39, 0.29) is 5.41 Å². The van der Waals surface area contributed by atoms with Crippen LogP contribution in [0.2, 0.25) is 0 Å². The maximum Gasteiger partial charge on any atom is 0.139 e. The first kappa shape index (κ1) is 23.3. The Kier molecular flexibility index (Phi) is 5.69. The fourth-order valence-electron chi connectivity index (χ4n) is 7.65. The quantitative estimate of drug-likeness (QED) is 0.471. The van der Waals surface area contributed by atoms with Crippen molar-refractivity contribution in [2.45, 2.75) is 64.3 Å². The molecular weight excluding hydrogens is 460 g/mol. The Labute approximate surface area is 209 Å². The summed E-state index contributed by atoms with van der Waals surface area (Å²) in [4.78, 5) is 13.2. The van der Waals surface area contributed by atoms with Crippen molar-refractivity contribution >= 4 is 5.78 Å². The third-order valence-corrected chi connectivity index (χ3v) is 9.21. The zero-order valence-electron chi connectivity index (χ0n) is 20.5. The van der Waals surface area contributed by atoms with Crippen LogP contribution in [0.15, 0.2) is 42.6 Å². The molecule has 36 heavy (non-hydrogen) atoms. The van der Waals surface area contributed by atoms with Crippen LogP contribution in [0.3, 0.4) is 0 Å². The van der Waals surface area contributed by atoms with Gasteiger partial charge in [0, 0.05) is 30.0 Å². The monoisotopic (exact) mass is 491 g/mol. The second-order valence-electron chi connectivity index (χ2n) is 11.2. The highest BCUT2D eigenvalue weighted by Crippen LogP contribution is 2.62. The molecule has 3 aliphatic carbocycles. The van der Waals surface area contributed by atoms with E-state index in [1.807, 2.05) is 6.07 Å². The first-order valence-electron chi connectivity index (χ1n) is 13.0. The zero-order chi connectivity index (χ0) is 25.0. The van der Waals surface area contributed by atoms with E-state index >= 15 is 0 Å². The van der Waals surface area contributed by atoms with Gasteiger partial charge in [0.2, 0.25) is 0 Å². The van der Waals surface area contributed by atoms with Crippen LogP contribution < -0.4 is 0 Å². The van der Waals surface area contributed by atoms with Gasteiger partial charge in [0.15, 0.2) is 0 Å². The van der Waals surface area contributed by atoms with Crippen LogP contribution in [0, 0.1) is 34.8 Å². The number of halogens is 2. The van der Waals surface area contributed by atoms with E-state index in [1.165, 1.54) is 23.3 Å². The molecule has 7 heteroatoms. The van der Waals surface area contributed by atoms with Crippen LogP contribution in [-0.2, 0) is 17.8 Å². The van der Waals surface area contributed by atoms with Gasteiger partial charge in [0.25, 0.3) is 0 Å². The highest BCUT2D eigenvalue weighted by molar-refractivity contribution is 5.87. The van der Waals surface area contributed by atoms with E-state index in [0.29, 0.717) is 59.4 Å². The van der Waals surface area contributed by atoms with Gasteiger partial charge in [0.1, 0.15) is 28.9 Å². The topological polar surface area (TPSA) is 68.0 Å². The molecule has 0 radical (unpaired) electrons. The minimum absolute atomic E-state index is 0.234. The van der Waals surface area contributed by atoms with Crippen LogP contribution in [0.1, 0.15) is 62.5 Å². The first-order valence-corrected chi connectivity index (χ1v) is 13.0. The molecule has 5 nitrogen and oxygen atoms in total. The van der Waals surface area contributed by atoms with Crippen LogP contribution in [-0.4, -0.2) is 25.9 Å². The summed E-state index contributed by atoms with van der Waals surface area (Å²) in [5.41, 5.74) is 3.21. The summed E-state index contributed by atoms with van der Waals surface area (Å²) in [6.45, 7) is 2.85. The lowest BCUT2D eigenvalue weighted by atomic mass is 9.54. The third-order valence-electron chi connectivity index (χ3n) is 9.21. The molecule has 2 aromatic carbocycles. The molecule has 1 N–H and O–H groups in total. The number of aryl methyl sites for hydroxylation is 2. The molecule has 3 aromatic rings. The largest absolute Gasteiger partial charge is 0.508 e. The average Bonchev–Trinajstić information content (AvgIpc) is 3.41. The highest BCUT2D eigenvalue weighted by atomic mass is 19.1. The summed E-state index contributed by atoms with van der Waals surface area (Å²) < 4.78 is 28.9. The van der Waals surface area contributed by atoms with Crippen molar-refractivity contribution in [2.75, 3.05) is 0 Å². The molecule has 188 valence electrons. The van der Waals surface area contributed by atoms with Crippen molar-refractivity contribution in [3.63, 3.8) is 0 Å². The maximum absolute atomic E-state index is 13.6. The number of hydrogen-bond acceptors (Lipinski definition) is 4. The summed E-state index contributed by atoms with van der Waals surface area (Å²) in [5.74, 6) is 1.18. The smallest absolute Gasteiger partial charge is 0.139 e. The zero-order valence-corrected chi connectivity index (χ0v) is 20.5. The molecule has 0 saturated heterocycles. The molecule has 1 aromatic heterocycles. The van der Waals surface area contributed by atoms with Crippen LogP contribution in [0.5, 0.6) is 5.75 Å². The minimum Gasteiger partial charge on any atom is -0.508 e. The van der Waals surface area contributed by atoms with Crippen molar-refractivity contribution in [2.24, 2.45) is 23.2 Å². The standard InChI is InChI=1S/C29H31F2N3O2/c1-29-9-8-24-23-7-5-22(35)13-17(23)4-6-25(24)28(29)18(14-27(29)36)3-2-10-34-16-26(32-33-34)19-11-20(30)15-21(31)12-19/h5,7,11-13,15-16,18,24-25,28,35H,2-4,6,8-10,14H2,1H3/t18-,24-,25?,28+,29?/m1/s1. The molecule has 2 fully saturated rings. The maximum atomic E-state index is 13.6. The lowest BCUT2D eigenvalue weighted by Crippen LogP contribution is -2.44. The summed E-state index contributed by atoms with van der Waals surface area (Å²) in [6, 6.07) is 9.17. The molecule has 3 aliphatic rings. The van der Waals surface area contributed by atoms with Crippen molar-refractivity contribution in [1.82, 2.24) is 15.0 Å². The first-order chi connectivity index (χ1) is 17.3. The van der Waals surface area contributed by atoms with Crippen molar-refractivity contribution in [3.8, 4) is 17.0 Å². The number of ketones is 1. The van der Waals surface area contributed by atoms with Crippen LogP contribution in [0.25, 0.3) is 11.3 Å². The number of aromatic hydroxyl groups is 1. The predicted molar refractivity (Wildman–Crippen MR) is 131 cm³/mol. The Morgan fingerprint density at radius 2 is 1.94 bits per heavy atom. The Morgan fingerprint density at radius 1 is 1.14 bits per heavy atom. The summed E-state index contributed by atoms with van der Waals surface area (Å²) >= 11 is 0. The van der Waals surface area contributed by atoms with Gasteiger partial charge in [-0.25, -0.2) is 8.78 Å². The summed E-state index contributed by atoms with van der Waals surface area (Å²) in [7, 11) is 0. The molecule has 0 amide bonds. The number of fused-ring (bicyclic) bond motifs is 5. The fraction of sp³-hybridized carbons (Fsp3) is 0.483. The van der Waals surface area contributed by atoms with E-state index in [1.54, 1.807) is 16.9 Å². The van der Waals surface area contributed by atoms with E-state index in [9.17, 15) is 18.7 Å². The fourth-order valence-corrected chi connectivity index (χ4v) is 7.65. The van der Waals surface area contributed by atoms with Crippen LogP contribution in [0.4, 0.5) is 8.78 Å². The molecule has 2 unspecified atom stereocenters. The lowest BCUT2D eigenvalue weighted by molar-refractivity contribution is -0.129. The number of aromatic nitrogens is 3. The highest BCUT2D eigenvalue weighted by Gasteiger charge is 2.58. The summed E-state index contributed by atoms with van der Waals surface area (Å²) in [6.07, 6.45) is 8.19. The Morgan fingerprint density at radius 3 is 2.75 bits per heavy atom. The van der Waals surface area contributed by atoms with E-state index in [4.69, 9.17) is 0 Å². The van der Waals surface area contributed by atoms with Gasteiger partial charge in [-0.05, 0) is 97.6 Å². The third kappa shape index (κ3) is 3.93. The average molecular weight is 492 g/mol. The van der Waals surface area contributed by atoms with Gasteiger partial charge in [-0.1, -0.05) is 18.2 Å². The normalized spacial score (nSPS) is 29.0. The number of phenols is 1. The Balaban J connectivity index is 1.16. The second kappa shape index (κ2) is 8.79. The molecule has 0 bridgehead atoms. The Hall–Kier alpha value is -3.09. The molecule has 2 saturated carbocycles. The van der Waals surface area contributed by atoms with Gasteiger partial charge >= 0.3 is 0 Å². The molecular formula is C29H31F2N3O2. The number of Topliss-reactive ketones (excluding diaryl/α,β-unsaturated/α-hetero) is 1. The number of rotatable bonds is 5. The number of hydrogen-bond donors (Lipinski definition) is 1. The Bertz CT molecular complexity index is 1300. The van der Waals surface area contributed by atoms with Gasteiger partial charge < -0.3 is 5.11 Å². The van der Waals surface area contributed by atoms with Crippen molar-refractivity contribution in [1.29, 1.82) is 0 Å². The number of carbonyl (C=O) groups excluding carboxylic acids is 1. The number of nitrogens with zero attached hydrogens (tertiary/aromatic N) is 3. The van der Waals surface area contributed by atoms with Gasteiger partial charge in [0.05, 0.1) is 6.20 Å². The number of phenolic OH excluding ortho intramolecular Hbond substituents is 1. The second-order valence-corrected chi connectivity index (χ2v) is 11.2. The van der Waals surface area contributed by atoms with Gasteiger partial charge in [-0.2, -0.15) is 0 Å². The van der Waals surface area contributed by atoms with E-state index in [2.05, 4.69) is 23.3 Å². The SMILES string of the molecule is CC12CC[C@@H]3c4ccc(O)cc4CCC3[C@@H]1[C@H](CCCn1cc(-c3cc(F)cc(F)c3)nn1)CC2=O. The van der Waals surface area contributed by atoms with E-state index < -0.39 is 11.6 Å². The van der Waals surface area contributed by atoms with Crippen LogP contribution >= 0.6 is 0 Å². The van der Waals surface area contributed by atoms with Gasteiger partial charge in [-0.15, -0.1) is 5.10 Å². The van der Waals surface area contributed by atoms with Gasteiger partial charge in [-0.3, -0.25) is 9.48 Å². The lowest BCUT2D eigenvalue weighted by Gasteiger charge is -2.50. The predicted octanol–water partition coefficient (Wildman–Crippen LogP) is 6.06. The van der Waals surface area contributed by atoms with Crippen molar-refractivity contribution in [3.05, 3.63) is 65.4 Å². The molecule has 0 spiro atoms. The molecule has 6 rings (SSSR count). The minimum atomic E-state index is -0.638. The molecule has 5 atom stereocenters.